The Morgan fingerprint density at radius 1 is 0.422 bits per heavy atom. The molecule has 0 aliphatic heterocycles. The SMILES string of the molecule is CC(C)(C)c1cccc(C=Nc2ccccc2S(=O)(=O)c2ccccc2)c1[O-].CC(C)(C)c1cccc(C=Nc2ccccc2S(=O)(=O)c2ccccc2)c1[O-].Cc1ccccc1.[Ni+2]. The minimum absolute atomic E-state index is 0. The Kier molecular flexibility index (Phi) is 17.4. The molecule has 0 saturated heterocycles. The van der Waals surface area contributed by atoms with E-state index in [1.165, 1.54) is 30.1 Å². The first-order valence-corrected chi connectivity index (χ1v) is 23.3. The fraction of sp³-hybridized carbons (Fsp3) is 0.170. The third kappa shape index (κ3) is 13.0. The van der Waals surface area contributed by atoms with E-state index >= 15 is 0 Å². The maximum atomic E-state index is 13.0. The van der Waals surface area contributed by atoms with E-state index in [4.69, 9.17) is 0 Å². The Balaban J connectivity index is 0.000000240. The van der Waals surface area contributed by atoms with Gasteiger partial charge in [-0.15, -0.1) is 0 Å². The first-order chi connectivity index (χ1) is 29.8. The van der Waals surface area contributed by atoms with Crippen molar-refractivity contribution in [2.75, 3.05) is 0 Å². The molecule has 0 unspecified atom stereocenters. The summed E-state index contributed by atoms with van der Waals surface area (Å²) < 4.78 is 51.9. The molecule has 0 N–H and O–H groups in total. The summed E-state index contributed by atoms with van der Waals surface area (Å²) >= 11 is 0. The molecule has 7 aromatic rings. The molecule has 0 spiro atoms. The zero-order valence-electron chi connectivity index (χ0n) is 36.9. The molecule has 0 heterocycles. The van der Waals surface area contributed by atoms with Gasteiger partial charge >= 0.3 is 16.5 Å². The van der Waals surface area contributed by atoms with Crippen molar-refractivity contribution in [2.24, 2.45) is 9.98 Å². The molecule has 8 nitrogen and oxygen atoms in total. The summed E-state index contributed by atoms with van der Waals surface area (Å²) in [5.41, 5.74) is 3.61. The number of rotatable bonds is 8. The van der Waals surface area contributed by atoms with Crippen LogP contribution in [0.2, 0.25) is 0 Å². The second-order valence-corrected chi connectivity index (χ2v) is 20.5. The Morgan fingerprint density at radius 2 is 0.734 bits per heavy atom. The average molecular weight is 936 g/mol. The first-order valence-electron chi connectivity index (χ1n) is 20.3. The third-order valence-electron chi connectivity index (χ3n) is 9.75. The van der Waals surface area contributed by atoms with Gasteiger partial charge in [-0.25, -0.2) is 16.8 Å². The molecule has 332 valence electrons. The molecule has 7 rings (SSSR count). The van der Waals surface area contributed by atoms with Gasteiger partial charge in [-0.1, -0.05) is 186 Å². The van der Waals surface area contributed by atoms with Crippen LogP contribution in [-0.2, 0) is 47.0 Å². The number of hydrogen-bond acceptors (Lipinski definition) is 8. The zero-order valence-corrected chi connectivity index (χ0v) is 39.5. The van der Waals surface area contributed by atoms with Crippen molar-refractivity contribution in [2.45, 2.75) is 78.9 Å². The van der Waals surface area contributed by atoms with E-state index < -0.39 is 19.7 Å². The molecule has 64 heavy (non-hydrogen) atoms. The largest absolute Gasteiger partial charge is 2.00 e. The summed E-state index contributed by atoms with van der Waals surface area (Å²) in [5.74, 6) is -0.190. The topological polar surface area (TPSA) is 139 Å². The standard InChI is InChI=1S/2C23H23NO3S.C7H8.Ni/c2*1-23(2,3)19-13-9-10-17(22(19)25)16-24-20-14-7-8-15-21(20)28(26,27)18-11-5-4-6-12-18;1-7-5-3-2-4-6-7;/h2*4-16,25H,1-3H3;2-6H,1H3;/q;;;+2/p-2. The van der Waals surface area contributed by atoms with Gasteiger partial charge in [-0.05, 0) is 88.5 Å². The fourth-order valence-corrected chi connectivity index (χ4v) is 9.19. The molecular weight excluding hydrogens is 883 g/mol. The van der Waals surface area contributed by atoms with Gasteiger partial charge < -0.3 is 10.2 Å². The van der Waals surface area contributed by atoms with Crippen LogP contribution in [0.1, 0.15) is 69.4 Å². The Morgan fingerprint density at radius 3 is 1.05 bits per heavy atom. The third-order valence-corrected chi connectivity index (χ3v) is 13.4. The molecule has 0 saturated carbocycles. The molecule has 0 radical (unpaired) electrons. The van der Waals surface area contributed by atoms with Crippen LogP contribution in [0.5, 0.6) is 11.5 Å². The molecule has 7 aromatic carbocycles. The Hall–Kier alpha value is -6.13. The van der Waals surface area contributed by atoms with Crippen LogP contribution in [0.15, 0.2) is 205 Å². The second-order valence-electron chi connectivity index (χ2n) is 16.7. The van der Waals surface area contributed by atoms with Gasteiger partial charge in [-0.2, -0.15) is 0 Å². The van der Waals surface area contributed by atoms with Crippen molar-refractivity contribution in [1.82, 2.24) is 0 Å². The van der Waals surface area contributed by atoms with E-state index in [1.54, 1.807) is 109 Å². The van der Waals surface area contributed by atoms with Gasteiger partial charge in [0.05, 0.1) is 31.0 Å². The van der Waals surface area contributed by atoms with E-state index in [1.807, 2.05) is 84.0 Å². The molecule has 0 bridgehead atoms. The first kappa shape index (κ1) is 50.5. The van der Waals surface area contributed by atoms with Crippen LogP contribution < -0.4 is 10.2 Å². The summed E-state index contributed by atoms with van der Waals surface area (Å²) in [7, 11) is -7.41. The van der Waals surface area contributed by atoms with Gasteiger partial charge in [0.1, 0.15) is 0 Å². The summed E-state index contributed by atoms with van der Waals surface area (Å²) in [6.45, 7) is 14.0. The van der Waals surface area contributed by atoms with Crippen molar-refractivity contribution < 1.29 is 43.5 Å². The van der Waals surface area contributed by atoms with Crippen molar-refractivity contribution in [1.29, 1.82) is 0 Å². The van der Waals surface area contributed by atoms with E-state index in [0.29, 0.717) is 33.6 Å². The van der Waals surface area contributed by atoms with E-state index in [-0.39, 0.29) is 58.4 Å². The maximum Gasteiger partial charge on any atom is 2.00 e. The van der Waals surface area contributed by atoms with Crippen molar-refractivity contribution in [3.8, 4) is 11.5 Å². The maximum absolute atomic E-state index is 13.0. The Labute approximate surface area is 388 Å². The summed E-state index contributed by atoms with van der Waals surface area (Å²) in [4.78, 5) is 9.32. The van der Waals surface area contributed by atoms with Gasteiger partial charge in [0.2, 0.25) is 19.7 Å². The summed E-state index contributed by atoms with van der Waals surface area (Å²) in [6, 6.07) is 50.4. The average Bonchev–Trinajstić information content (AvgIpc) is 3.26. The van der Waals surface area contributed by atoms with E-state index in [9.17, 15) is 27.0 Å². The quantitative estimate of drug-likeness (QED) is 0.110. The minimum atomic E-state index is -3.71. The van der Waals surface area contributed by atoms with Crippen molar-refractivity contribution in [3.63, 3.8) is 0 Å². The van der Waals surface area contributed by atoms with Crippen LogP contribution in [0.3, 0.4) is 0 Å². The van der Waals surface area contributed by atoms with Crippen LogP contribution >= 0.6 is 0 Å². The summed E-state index contributed by atoms with van der Waals surface area (Å²) in [5, 5.41) is 25.5. The molecule has 0 atom stereocenters. The molecule has 0 aliphatic carbocycles. The van der Waals surface area contributed by atoms with Crippen molar-refractivity contribution in [3.05, 3.63) is 204 Å². The number of para-hydroxylation sites is 4. The second kappa shape index (κ2) is 22.0. The monoisotopic (exact) mass is 934 g/mol. The van der Waals surface area contributed by atoms with Gasteiger partial charge in [0, 0.05) is 12.4 Å². The molecule has 0 aromatic heterocycles. The fourth-order valence-electron chi connectivity index (χ4n) is 6.34. The molecular formula is C53H52N2NiO6S2. The predicted molar refractivity (Wildman–Crippen MR) is 252 cm³/mol. The molecule has 0 aliphatic rings. The number of nitrogens with zero attached hydrogens (tertiary/aromatic N) is 2. The van der Waals surface area contributed by atoms with Crippen LogP contribution in [-0.4, -0.2) is 29.3 Å². The zero-order chi connectivity index (χ0) is 45.8. The van der Waals surface area contributed by atoms with Crippen LogP contribution in [0, 0.1) is 6.92 Å². The van der Waals surface area contributed by atoms with Crippen LogP contribution in [0.4, 0.5) is 11.4 Å². The van der Waals surface area contributed by atoms with E-state index in [0.717, 1.165) is 0 Å². The summed E-state index contributed by atoms with van der Waals surface area (Å²) in [6.07, 6.45) is 2.88. The Bertz CT molecular complexity index is 2730. The number of aryl methyl sites for hydroxylation is 1. The normalized spacial score (nSPS) is 11.8. The molecule has 0 fully saturated rings. The van der Waals surface area contributed by atoms with Crippen molar-refractivity contribution >= 4 is 43.5 Å². The number of benzene rings is 7. The number of aliphatic imine (C=N–C) groups is 2. The van der Waals surface area contributed by atoms with E-state index in [2.05, 4.69) is 29.0 Å². The van der Waals surface area contributed by atoms with Gasteiger partial charge in [-0.3, -0.25) is 9.98 Å². The molecule has 11 heteroatoms. The van der Waals surface area contributed by atoms with Crippen LogP contribution in [0.25, 0.3) is 0 Å². The minimum Gasteiger partial charge on any atom is -0.872 e. The van der Waals surface area contributed by atoms with Gasteiger partial charge in [0.15, 0.2) is 0 Å². The smallest absolute Gasteiger partial charge is 0.872 e. The van der Waals surface area contributed by atoms with Gasteiger partial charge in [0.25, 0.3) is 0 Å². The molecule has 0 amide bonds. The predicted octanol–water partition coefficient (Wildman–Crippen LogP) is 11.3. The number of sulfone groups is 2. The number of hydrogen-bond donors (Lipinski definition) is 0.